The van der Waals surface area contributed by atoms with E-state index in [-0.39, 0.29) is 23.9 Å². The minimum Gasteiger partial charge on any atom is -0.444 e. The Labute approximate surface area is 224 Å². The third-order valence-electron chi connectivity index (χ3n) is 7.49. The number of hydrogen-bond donors (Lipinski definition) is 2. The Bertz CT molecular complexity index is 1320. The quantitative estimate of drug-likeness (QED) is 0.528. The highest BCUT2D eigenvalue weighted by molar-refractivity contribution is 5.87. The molecule has 2 aliphatic heterocycles. The third kappa shape index (κ3) is 5.14. The first-order valence-electron chi connectivity index (χ1n) is 13.5. The number of pyridine rings is 1. The maximum Gasteiger partial charge on any atom is 0.408 e. The van der Waals surface area contributed by atoms with E-state index in [9.17, 15) is 9.59 Å². The number of ether oxygens (including phenoxy) is 1. The maximum absolute atomic E-state index is 14.0. The van der Waals surface area contributed by atoms with Crippen LogP contribution in [0.5, 0.6) is 0 Å². The van der Waals surface area contributed by atoms with Gasteiger partial charge in [-0.1, -0.05) is 51.1 Å². The fraction of sp³-hybridized carbons (Fsp3) is 0.500. The molecule has 5 rings (SSSR count). The van der Waals surface area contributed by atoms with Crippen molar-refractivity contribution >= 4 is 17.6 Å². The summed E-state index contributed by atoms with van der Waals surface area (Å²) in [6.45, 7) is 12.8. The van der Waals surface area contributed by atoms with Gasteiger partial charge in [-0.05, 0) is 50.3 Å². The van der Waals surface area contributed by atoms with E-state index in [0.717, 1.165) is 35.4 Å². The van der Waals surface area contributed by atoms with Crippen LogP contribution in [0.25, 0.3) is 16.8 Å². The number of rotatable bonds is 4. The number of fused-ring (bicyclic) bond motifs is 2. The van der Waals surface area contributed by atoms with Crippen LogP contribution in [0.2, 0.25) is 0 Å². The van der Waals surface area contributed by atoms with Crippen LogP contribution in [-0.4, -0.2) is 63.1 Å². The van der Waals surface area contributed by atoms with Crippen molar-refractivity contribution in [2.75, 3.05) is 13.1 Å². The predicted octanol–water partition coefficient (Wildman–Crippen LogP) is 4.60. The van der Waals surface area contributed by atoms with Gasteiger partial charge in [0.15, 0.2) is 0 Å². The van der Waals surface area contributed by atoms with Crippen LogP contribution in [-0.2, 0) is 9.53 Å². The molecule has 0 spiro atoms. The number of benzene rings is 1. The van der Waals surface area contributed by atoms with Crippen molar-refractivity contribution in [3.63, 3.8) is 0 Å². The molecular weight excluding hydrogens is 478 g/mol. The molecule has 0 saturated carbocycles. The number of alkyl carbamates (subject to hydrolysis) is 1. The molecule has 0 unspecified atom stereocenters. The van der Waals surface area contributed by atoms with Crippen molar-refractivity contribution < 1.29 is 14.3 Å². The zero-order valence-corrected chi connectivity index (χ0v) is 23.2. The van der Waals surface area contributed by atoms with Gasteiger partial charge in [0.1, 0.15) is 17.3 Å². The molecule has 0 aliphatic carbocycles. The van der Waals surface area contributed by atoms with E-state index in [1.807, 2.05) is 76.9 Å². The Hall–Kier alpha value is -3.39. The van der Waals surface area contributed by atoms with Gasteiger partial charge in [-0.15, -0.1) is 0 Å². The SMILES string of the molecule is CC(C)(C)OC(=O)N[C@H](C(=O)N1CC[C@H]2NC[C@H](c3cn4cccc(-c5ccccc5)c4n3)[C@H]21)C(C)(C)C. The molecule has 0 bridgehead atoms. The molecule has 2 saturated heterocycles. The monoisotopic (exact) mass is 517 g/mol. The van der Waals surface area contributed by atoms with E-state index in [2.05, 4.69) is 39.4 Å². The summed E-state index contributed by atoms with van der Waals surface area (Å²) in [6.07, 6.45) is 4.42. The molecule has 38 heavy (non-hydrogen) atoms. The lowest BCUT2D eigenvalue weighted by Gasteiger charge is -2.37. The Kier molecular flexibility index (Phi) is 6.71. The number of carbonyl (C=O) groups excluding carboxylic acids is 2. The highest BCUT2D eigenvalue weighted by Crippen LogP contribution is 2.38. The summed E-state index contributed by atoms with van der Waals surface area (Å²) in [5.41, 5.74) is 2.96. The second kappa shape index (κ2) is 9.73. The number of hydrogen-bond acceptors (Lipinski definition) is 5. The Morgan fingerprint density at radius 1 is 1.08 bits per heavy atom. The lowest BCUT2D eigenvalue weighted by molar-refractivity contribution is -0.137. The zero-order valence-electron chi connectivity index (χ0n) is 23.2. The minimum absolute atomic E-state index is 0.0297. The molecule has 3 aromatic rings. The topological polar surface area (TPSA) is 88.0 Å². The maximum atomic E-state index is 14.0. The average Bonchev–Trinajstić information content (AvgIpc) is 3.55. The van der Waals surface area contributed by atoms with E-state index in [1.54, 1.807) is 0 Å². The molecule has 2 aliphatic rings. The number of nitrogens with one attached hydrogen (secondary N) is 2. The van der Waals surface area contributed by atoms with E-state index >= 15 is 0 Å². The lowest BCUT2D eigenvalue weighted by Crippen LogP contribution is -2.57. The molecule has 2 N–H and O–H groups in total. The molecule has 1 aromatic carbocycles. The first-order valence-corrected chi connectivity index (χ1v) is 13.5. The molecule has 4 atom stereocenters. The molecule has 8 heteroatoms. The predicted molar refractivity (Wildman–Crippen MR) is 148 cm³/mol. The van der Waals surface area contributed by atoms with Gasteiger partial charge in [-0.2, -0.15) is 0 Å². The zero-order chi connectivity index (χ0) is 27.2. The van der Waals surface area contributed by atoms with Crippen molar-refractivity contribution in [1.82, 2.24) is 24.9 Å². The summed E-state index contributed by atoms with van der Waals surface area (Å²) in [7, 11) is 0. The largest absolute Gasteiger partial charge is 0.444 e. The van der Waals surface area contributed by atoms with Crippen LogP contribution >= 0.6 is 0 Å². The first kappa shape index (κ1) is 26.2. The van der Waals surface area contributed by atoms with Gasteiger partial charge in [0, 0.05) is 43.0 Å². The van der Waals surface area contributed by atoms with Crippen molar-refractivity contribution in [2.24, 2.45) is 5.41 Å². The van der Waals surface area contributed by atoms with Crippen LogP contribution in [0.1, 0.15) is 59.6 Å². The van der Waals surface area contributed by atoms with Crippen molar-refractivity contribution in [2.45, 2.75) is 77.6 Å². The molecule has 2 amide bonds. The average molecular weight is 518 g/mol. The molecule has 2 fully saturated rings. The number of nitrogens with zero attached hydrogens (tertiary/aromatic N) is 3. The summed E-state index contributed by atoms with van der Waals surface area (Å²) in [5, 5.41) is 6.52. The standard InChI is InChI=1S/C30H39N5O3/c1-29(2,3)25(33-28(37)38-30(4,5)6)27(36)35-16-14-22-24(35)21(17-31-22)23-18-34-15-10-13-20(26(34)32-23)19-11-8-7-9-12-19/h7-13,15,18,21-22,24-25,31H,14,16-17H2,1-6H3,(H,33,37)/t21-,22-,24-,25-/m1/s1. The highest BCUT2D eigenvalue weighted by atomic mass is 16.6. The second-order valence-electron chi connectivity index (χ2n) is 12.6. The summed E-state index contributed by atoms with van der Waals surface area (Å²) in [6, 6.07) is 13.9. The van der Waals surface area contributed by atoms with Gasteiger partial charge in [0.25, 0.3) is 0 Å². The van der Waals surface area contributed by atoms with Crippen LogP contribution in [0, 0.1) is 5.41 Å². The van der Waals surface area contributed by atoms with Gasteiger partial charge in [0.05, 0.1) is 11.7 Å². The van der Waals surface area contributed by atoms with E-state index in [0.29, 0.717) is 6.54 Å². The van der Waals surface area contributed by atoms with Crippen LogP contribution in [0.3, 0.4) is 0 Å². The van der Waals surface area contributed by atoms with Crippen LogP contribution in [0.15, 0.2) is 54.9 Å². The summed E-state index contributed by atoms with van der Waals surface area (Å²) in [5.74, 6) is -0.0181. The smallest absolute Gasteiger partial charge is 0.408 e. The van der Waals surface area contributed by atoms with Gasteiger partial charge in [-0.3, -0.25) is 4.79 Å². The summed E-state index contributed by atoms with van der Waals surface area (Å²) in [4.78, 5) is 33.8. The first-order chi connectivity index (χ1) is 17.9. The normalized spacial score (nSPS) is 22.4. The Morgan fingerprint density at radius 3 is 2.50 bits per heavy atom. The number of carbonyl (C=O) groups is 2. The van der Waals surface area contributed by atoms with Crippen molar-refractivity contribution in [1.29, 1.82) is 0 Å². The van der Waals surface area contributed by atoms with Crippen molar-refractivity contribution in [3.05, 3.63) is 60.6 Å². The van der Waals surface area contributed by atoms with Gasteiger partial charge in [0.2, 0.25) is 5.91 Å². The molecule has 0 radical (unpaired) electrons. The van der Waals surface area contributed by atoms with Crippen LogP contribution in [0.4, 0.5) is 4.79 Å². The van der Waals surface area contributed by atoms with E-state index in [4.69, 9.17) is 9.72 Å². The fourth-order valence-electron chi connectivity index (χ4n) is 5.76. The summed E-state index contributed by atoms with van der Waals surface area (Å²) < 4.78 is 7.57. The van der Waals surface area contributed by atoms with Crippen LogP contribution < -0.4 is 10.6 Å². The third-order valence-corrected chi connectivity index (χ3v) is 7.49. The van der Waals surface area contributed by atoms with Crippen molar-refractivity contribution in [3.8, 4) is 11.1 Å². The lowest BCUT2D eigenvalue weighted by atomic mass is 9.85. The minimum atomic E-state index is -0.705. The van der Waals surface area contributed by atoms with E-state index in [1.165, 1.54) is 0 Å². The molecule has 4 heterocycles. The van der Waals surface area contributed by atoms with Gasteiger partial charge >= 0.3 is 6.09 Å². The molecular formula is C30H39N5O3. The Balaban J connectivity index is 1.43. The fourth-order valence-corrected chi connectivity index (χ4v) is 5.76. The second-order valence-corrected chi connectivity index (χ2v) is 12.6. The van der Waals surface area contributed by atoms with E-state index < -0.39 is 23.2 Å². The molecule has 202 valence electrons. The Morgan fingerprint density at radius 2 is 1.82 bits per heavy atom. The number of likely N-dealkylation sites (tertiary alicyclic amines) is 1. The highest BCUT2D eigenvalue weighted by Gasteiger charge is 2.50. The summed E-state index contributed by atoms with van der Waals surface area (Å²) >= 11 is 0. The van der Waals surface area contributed by atoms with Gasteiger partial charge < -0.3 is 24.7 Å². The number of aromatic nitrogens is 2. The number of amides is 2. The molecule has 8 nitrogen and oxygen atoms in total. The molecule has 2 aromatic heterocycles. The number of imidazole rings is 1. The van der Waals surface area contributed by atoms with Gasteiger partial charge in [-0.25, -0.2) is 9.78 Å².